The summed E-state index contributed by atoms with van der Waals surface area (Å²) in [4.78, 5) is 17.7. The van der Waals surface area contributed by atoms with Crippen LogP contribution in [0, 0.1) is 12.7 Å². The molecule has 2 aliphatic rings. The van der Waals surface area contributed by atoms with Gasteiger partial charge in [0.1, 0.15) is 17.3 Å². The van der Waals surface area contributed by atoms with Crippen LogP contribution in [-0.4, -0.2) is 47.9 Å². The number of aryl methyl sites for hydroxylation is 1. The fraction of sp³-hybridized carbons (Fsp3) is 0.522. The highest BCUT2D eigenvalue weighted by Gasteiger charge is 2.29. The molecule has 0 saturated carbocycles. The third kappa shape index (κ3) is 4.38. The van der Waals surface area contributed by atoms with E-state index < -0.39 is 0 Å². The molecule has 3 heterocycles. The summed E-state index contributed by atoms with van der Waals surface area (Å²) in [6, 6.07) is 7.06. The molecule has 0 spiro atoms. The van der Waals surface area contributed by atoms with Crippen LogP contribution in [0.4, 0.5) is 4.39 Å². The van der Waals surface area contributed by atoms with Gasteiger partial charge in [-0.05, 0) is 50.6 Å². The Morgan fingerprint density at radius 3 is 2.83 bits per heavy atom. The van der Waals surface area contributed by atoms with Gasteiger partial charge in [-0.2, -0.15) is 0 Å². The number of nitrogens with zero attached hydrogens (tertiary/aromatic N) is 2. The van der Waals surface area contributed by atoms with Crippen molar-refractivity contribution in [2.24, 2.45) is 0 Å². The first-order chi connectivity index (χ1) is 14.0. The molecule has 1 aromatic carbocycles. The fourth-order valence-electron chi connectivity index (χ4n) is 4.70. The second-order valence-corrected chi connectivity index (χ2v) is 8.16. The van der Waals surface area contributed by atoms with E-state index >= 15 is 0 Å². The quantitative estimate of drug-likeness (QED) is 0.808. The highest BCUT2D eigenvalue weighted by atomic mass is 19.1. The normalized spacial score (nSPS) is 20.0. The van der Waals surface area contributed by atoms with Crippen molar-refractivity contribution in [3.8, 4) is 0 Å². The molecule has 1 aromatic heterocycles. The van der Waals surface area contributed by atoms with Crippen molar-refractivity contribution in [1.29, 1.82) is 0 Å². The summed E-state index contributed by atoms with van der Waals surface area (Å²) in [5.41, 5.74) is 2.78. The maximum Gasteiger partial charge on any atom is 0.255 e. The van der Waals surface area contributed by atoms with Gasteiger partial charge in [0, 0.05) is 44.2 Å². The maximum absolute atomic E-state index is 13.2. The Labute approximate surface area is 171 Å². The first-order valence-electron chi connectivity index (χ1n) is 10.6. The Morgan fingerprint density at radius 1 is 1.28 bits per heavy atom. The zero-order chi connectivity index (χ0) is 20.4. The molecule has 0 aliphatic carbocycles. The highest BCUT2D eigenvalue weighted by molar-refractivity contribution is 5.97. The SMILES string of the molecule is CCN1CCCC1CNC(=O)c1c(C)oc2c1CN(Cc1ccc(F)cc1)CC2. The van der Waals surface area contributed by atoms with Crippen LogP contribution in [0.2, 0.25) is 0 Å². The minimum Gasteiger partial charge on any atom is -0.465 e. The third-order valence-electron chi connectivity index (χ3n) is 6.25. The number of amides is 1. The Kier molecular flexibility index (Phi) is 6.01. The van der Waals surface area contributed by atoms with Crippen molar-refractivity contribution in [3.63, 3.8) is 0 Å². The van der Waals surface area contributed by atoms with Crippen LogP contribution < -0.4 is 5.32 Å². The van der Waals surface area contributed by atoms with E-state index in [4.69, 9.17) is 4.42 Å². The van der Waals surface area contributed by atoms with Gasteiger partial charge in [-0.1, -0.05) is 19.1 Å². The minimum atomic E-state index is -0.219. The van der Waals surface area contributed by atoms with E-state index in [-0.39, 0.29) is 11.7 Å². The van der Waals surface area contributed by atoms with Gasteiger partial charge in [-0.25, -0.2) is 4.39 Å². The fourth-order valence-corrected chi connectivity index (χ4v) is 4.70. The van der Waals surface area contributed by atoms with Crippen LogP contribution in [0.25, 0.3) is 0 Å². The number of likely N-dealkylation sites (tertiary alicyclic amines) is 1. The van der Waals surface area contributed by atoms with E-state index in [1.807, 2.05) is 19.1 Å². The Balaban J connectivity index is 1.43. The number of hydrogen-bond donors (Lipinski definition) is 1. The molecule has 2 aromatic rings. The molecule has 156 valence electrons. The molecular formula is C23H30FN3O2. The van der Waals surface area contributed by atoms with E-state index in [0.717, 1.165) is 55.9 Å². The molecule has 0 radical (unpaired) electrons. The van der Waals surface area contributed by atoms with Crippen LogP contribution in [0.3, 0.4) is 0 Å². The van der Waals surface area contributed by atoms with Gasteiger partial charge in [0.2, 0.25) is 0 Å². The lowest BCUT2D eigenvalue weighted by Gasteiger charge is -2.27. The molecule has 2 aliphatic heterocycles. The Hall–Kier alpha value is -2.18. The predicted octanol–water partition coefficient (Wildman–Crippen LogP) is 3.50. The van der Waals surface area contributed by atoms with Gasteiger partial charge in [-0.3, -0.25) is 14.6 Å². The average molecular weight is 400 g/mol. The van der Waals surface area contributed by atoms with Crippen molar-refractivity contribution in [2.45, 2.75) is 52.2 Å². The number of nitrogens with one attached hydrogen (secondary N) is 1. The molecule has 1 saturated heterocycles. The van der Waals surface area contributed by atoms with Crippen molar-refractivity contribution in [1.82, 2.24) is 15.1 Å². The van der Waals surface area contributed by atoms with Crippen molar-refractivity contribution >= 4 is 5.91 Å². The molecule has 29 heavy (non-hydrogen) atoms. The number of carbonyl (C=O) groups is 1. The summed E-state index contributed by atoms with van der Waals surface area (Å²) in [6.45, 7) is 9.17. The van der Waals surface area contributed by atoms with Gasteiger partial charge in [0.05, 0.1) is 5.56 Å². The lowest BCUT2D eigenvalue weighted by molar-refractivity contribution is 0.0937. The van der Waals surface area contributed by atoms with Gasteiger partial charge < -0.3 is 9.73 Å². The average Bonchev–Trinajstić information content (AvgIpc) is 3.30. The zero-order valence-corrected chi connectivity index (χ0v) is 17.3. The van der Waals surface area contributed by atoms with Gasteiger partial charge in [-0.15, -0.1) is 0 Å². The molecule has 5 nitrogen and oxygen atoms in total. The van der Waals surface area contributed by atoms with Crippen molar-refractivity contribution < 1.29 is 13.6 Å². The lowest BCUT2D eigenvalue weighted by Crippen LogP contribution is -2.40. The lowest BCUT2D eigenvalue weighted by atomic mass is 10.0. The molecule has 1 fully saturated rings. The zero-order valence-electron chi connectivity index (χ0n) is 17.3. The Bertz CT molecular complexity index is 862. The summed E-state index contributed by atoms with van der Waals surface area (Å²) in [5.74, 6) is 1.39. The molecule has 6 heteroatoms. The number of carbonyl (C=O) groups excluding carboxylic acids is 1. The number of hydrogen-bond acceptors (Lipinski definition) is 4. The number of fused-ring (bicyclic) bond motifs is 1. The summed E-state index contributed by atoms with van der Waals surface area (Å²) >= 11 is 0. The molecule has 1 N–H and O–H groups in total. The smallest absolute Gasteiger partial charge is 0.255 e. The molecule has 1 atom stereocenters. The summed E-state index contributed by atoms with van der Waals surface area (Å²) < 4.78 is 19.1. The number of benzene rings is 1. The molecular weight excluding hydrogens is 369 g/mol. The number of likely N-dealkylation sites (N-methyl/N-ethyl adjacent to an activating group) is 1. The predicted molar refractivity (Wildman–Crippen MR) is 110 cm³/mol. The monoisotopic (exact) mass is 399 g/mol. The van der Waals surface area contributed by atoms with Crippen LogP contribution in [0.5, 0.6) is 0 Å². The first kappa shape index (κ1) is 20.1. The van der Waals surface area contributed by atoms with E-state index in [0.29, 0.717) is 30.5 Å². The number of halogens is 1. The maximum atomic E-state index is 13.2. The van der Waals surface area contributed by atoms with E-state index in [9.17, 15) is 9.18 Å². The summed E-state index contributed by atoms with van der Waals surface area (Å²) in [5, 5.41) is 3.15. The molecule has 4 rings (SSSR count). The largest absolute Gasteiger partial charge is 0.465 e. The standard InChI is InChI=1S/C23H30FN3O2/c1-3-27-11-4-5-19(27)13-25-23(28)22-16(2)29-21-10-12-26(15-20(21)22)14-17-6-8-18(24)9-7-17/h6-9,19H,3-5,10-15H2,1-2H3,(H,25,28). The third-order valence-corrected chi connectivity index (χ3v) is 6.25. The molecule has 1 unspecified atom stereocenters. The van der Waals surface area contributed by atoms with Gasteiger partial charge in [0.15, 0.2) is 0 Å². The van der Waals surface area contributed by atoms with Crippen molar-refractivity contribution in [3.05, 3.63) is 58.3 Å². The Morgan fingerprint density at radius 2 is 2.07 bits per heavy atom. The highest BCUT2D eigenvalue weighted by Crippen LogP contribution is 2.29. The van der Waals surface area contributed by atoms with E-state index in [1.54, 1.807) is 0 Å². The molecule has 0 bridgehead atoms. The van der Waals surface area contributed by atoms with Crippen LogP contribution >= 0.6 is 0 Å². The topological polar surface area (TPSA) is 48.7 Å². The molecule has 1 amide bonds. The number of rotatable bonds is 6. The second kappa shape index (κ2) is 8.67. The minimum absolute atomic E-state index is 0.0286. The van der Waals surface area contributed by atoms with Crippen LogP contribution in [-0.2, 0) is 19.5 Å². The van der Waals surface area contributed by atoms with E-state index in [2.05, 4.69) is 22.0 Å². The first-order valence-corrected chi connectivity index (χ1v) is 10.6. The summed E-state index contributed by atoms with van der Waals surface area (Å²) in [6.07, 6.45) is 3.13. The van der Waals surface area contributed by atoms with E-state index in [1.165, 1.54) is 18.6 Å². The number of furan rings is 1. The van der Waals surface area contributed by atoms with Crippen LogP contribution in [0.1, 0.15) is 52.8 Å². The van der Waals surface area contributed by atoms with Crippen LogP contribution in [0.15, 0.2) is 28.7 Å². The second-order valence-electron chi connectivity index (χ2n) is 8.16. The van der Waals surface area contributed by atoms with Gasteiger partial charge >= 0.3 is 0 Å². The summed E-state index contributed by atoms with van der Waals surface area (Å²) in [7, 11) is 0. The van der Waals surface area contributed by atoms with Crippen molar-refractivity contribution in [2.75, 3.05) is 26.2 Å². The van der Waals surface area contributed by atoms with Gasteiger partial charge in [0.25, 0.3) is 5.91 Å².